The van der Waals surface area contributed by atoms with E-state index in [-0.39, 0.29) is 35.2 Å². The molecule has 0 unspecified atom stereocenters. The van der Waals surface area contributed by atoms with Crippen molar-refractivity contribution in [3.63, 3.8) is 0 Å². The molecule has 1 atom stereocenters. The first kappa shape index (κ1) is 15.9. The first-order chi connectivity index (χ1) is 12.4. The molecule has 132 valence electrons. The van der Waals surface area contributed by atoms with Gasteiger partial charge in [0, 0.05) is 24.6 Å². The highest BCUT2D eigenvalue weighted by atomic mass is 16.5. The van der Waals surface area contributed by atoms with E-state index in [0.29, 0.717) is 17.3 Å². The van der Waals surface area contributed by atoms with Crippen molar-refractivity contribution in [2.45, 2.75) is 19.3 Å². The molecule has 0 fully saturated rings. The lowest BCUT2D eigenvalue weighted by Crippen LogP contribution is -2.25. The number of carbonyl (C=O) groups excluding carboxylic acids is 1. The number of benzene rings is 1. The molecule has 8 heteroatoms. The van der Waals surface area contributed by atoms with Crippen LogP contribution in [-0.4, -0.2) is 31.8 Å². The fourth-order valence-corrected chi connectivity index (χ4v) is 3.27. The van der Waals surface area contributed by atoms with Crippen LogP contribution in [0, 0.1) is 6.92 Å². The van der Waals surface area contributed by atoms with Gasteiger partial charge in [-0.2, -0.15) is 0 Å². The largest absolute Gasteiger partial charge is 0.508 e. The third kappa shape index (κ3) is 2.52. The molecule has 3 heterocycles. The molecular formula is C18H15N3O5. The Hall–Kier alpha value is -3.55. The van der Waals surface area contributed by atoms with E-state index in [1.807, 2.05) is 0 Å². The fraction of sp³-hybridized carbons (Fsp3) is 0.167. The summed E-state index contributed by atoms with van der Waals surface area (Å²) in [6.45, 7) is 1.74. The first-order valence-electron chi connectivity index (χ1n) is 7.95. The number of phenolic OH excluding ortho intramolecular Hbond substituents is 1. The molecule has 1 aliphatic heterocycles. The SMILES string of the molecule is Cc1cc(-n2cc(C(=O)O)c3c2[C@@H](c2ccc(O)cc2)CC(=O)N3)no1. The molecule has 3 N–H and O–H groups in total. The molecule has 2 aromatic heterocycles. The summed E-state index contributed by atoms with van der Waals surface area (Å²) in [6, 6.07) is 8.19. The number of carboxylic acid groups (broad SMARTS) is 1. The summed E-state index contributed by atoms with van der Waals surface area (Å²) in [5.41, 5.74) is 1.64. The zero-order chi connectivity index (χ0) is 18.4. The van der Waals surface area contributed by atoms with Crippen LogP contribution in [0.15, 0.2) is 41.1 Å². The molecule has 0 radical (unpaired) electrons. The number of rotatable bonds is 3. The van der Waals surface area contributed by atoms with Gasteiger partial charge in [-0.15, -0.1) is 0 Å². The second-order valence-corrected chi connectivity index (χ2v) is 6.17. The Balaban J connectivity index is 1.96. The fourth-order valence-electron chi connectivity index (χ4n) is 3.27. The van der Waals surface area contributed by atoms with Crippen LogP contribution in [0.5, 0.6) is 5.75 Å². The van der Waals surface area contributed by atoms with Gasteiger partial charge in [0.15, 0.2) is 5.82 Å². The Labute approximate surface area is 147 Å². The average Bonchev–Trinajstić information content (AvgIpc) is 3.18. The standard InChI is InChI=1S/C18H15N3O5/c1-9-6-14(20-26-9)21-8-13(18(24)25)16-17(21)12(7-15(23)19-16)10-2-4-11(22)5-3-10/h2-6,8,12,22H,7H2,1H3,(H,19,23)(H,24,25)/t12-/m1/s1. The maximum absolute atomic E-state index is 12.2. The molecule has 0 saturated heterocycles. The van der Waals surface area contributed by atoms with Gasteiger partial charge < -0.3 is 20.1 Å². The van der Waals surface area contributed by atoms with E-state index in [1.54, 1.807) is 29.7 Å². The van der Waals surface area contributed by atoms with Crippen molar-refractivity contribution in [1.29, 1.82) is 0 Å². The third-order valence-electron chi connectivity index (χ3n) is 4.42. The van der Waals surface area contributed by atoms with Gasteiger partial charge in [0.1, 0.15) is 17.1 Å². The van der Waals surface area contributed by atoms with Crippen molar-refractivity contribution in [1.82, 2.24) is 9.72 Å². The Kier molecular flexibility index (Phi) is 3.54. The van der Waals surface area contributed by atoms with Crippen molar-refractivity contribution in [3.8, 4) is 11.6 Å². The Morgan fingerprint density at radius 1 is 1.35 bits per heavy atom. The van der Waals surface area contributed by atoms with Gasteiger partial charge in [0.05, 0.1) is 11.4 Å². The quantitative estimate of drug-likeness (QED) is 0.666. The number of hydrogen-bond donors (Lipinski definition) is 3. The lowest BCUT2D eigenvalue weighted by Gasteiger charge is -2.25. The zero-order valence-electron chi connectivity index (χ0n) is 13.8. The van der Waals surface area contributed by atoms with Crippen molar-refractivity contribution in [2.75, 3.05) is 5.32 Å². The highest BCUT2D eigenvalue weighted by molar-refractivity contribution is 6.04. The van der Waals surface area contributed by atoms with Gasteiger partial charge in [-0.05, 0) is 24.6 Å². The van der Waals surface area contributed by atoms with Crippen molar-refractivity contribution in [3.05, 3.63) is 59.1 Å². The van der Waals surface area contributed by atoms with Gasteiger partial charge in [-0.3, -0.25) is 9.36 Å². The van der Waals surface area contributed by atoms with Gasteiger partial charge >= 0.3 is 5.97 Å². The van der Waals surface area contributed by atoms with Crippen LogP contribution < -0.4 is 5.32 Å². The van der Waals surface area contributed by atoms with Gasteiger partial charge in [0.2, 0.25) is 5.91 Å². The highest BCUT2D eigenvalue weighted by Crippen LogP contribution is 2.41. The topological polar surface area (TPSA) is 118 Å². The maximum Gasteiger partial charge on any atom is 0.339 e. The predicted molar refractivity (Wildman–Crippen MR) is 90.7 cm³/mol. The molecule has 3 aromatic rings. The van der Waals surface area contributed by atoms with Crippen molar-refractivity contribution >= 4 is 17.6 Å². The zero-order valence-corrected chi connectivity index (χ0v) is 13.8. The van der Waals surface area contributed by atoms with Gasteiger partial charge in [0.25, 0.3) is 0 Å². The molecule has 0 saturated carbocycles. The van der Waals surface area contributed by atoms with Crippen LogP contribution in [0.2, 0.25) is 0 Å². The summed E-state index contributed by atoms with van der Waals surface area (Å²) in [4.78, 5) is 23.9. The van der Waals surface area contributed by atoms with Gasteiger partial charge in [-0.25, -0.2) is 4.79 Å². The smallest absolute Gasteiger partial charge is 0.339 e. The van der Waals surface area contributed by atoms with Crippen LogP contribution >= 0.6 is 0 Å². The van der Waals surface area contributed by atoms with E-state index in [2.05, 4.69) is 10.5 Å². The van der Waals surface area contributed by atoms with E-state index in [9.17, 15) is 19.8 Å². The number of carboxylic acids is 1. The number of nitrogens with zero attached hydrogens (tertiary/aromatic N) is 2. The van der Waals surface area contributed by atoms with E-state index < -0.39 is 5.97 Å². The average molecular weight is 353 g/mol. The summed E-state index contributed by atoms with van der Waals surface area (Å²) in [7, 11) is 0. The monoisotopic (exact) mass is 353 g/mol. The van der Waals surface area contributed by atoms with Crippen molar-refractivity contribution in [2.24, 2.45) is 0 Å². The van der Waals surface area contributed by atoms with Crippen LogP contribution in [0.25, 0.3) is 5.82 Å². The summed E-state index contributed by atoms with van der Waals surface area (Å²) < 4.78 is 6.75. The second kappa shape index (κ2) is 5.76. The van der Waals surface area contributed by atoms with Crippen molar-refractivity contribution < 1.29 is 24.3 Å². The van der Waals surface area contributed by atoms with E-state index >= 15 is 0 Å². The summed E-state index contributed by atoms with van der Waals surface area (Å²) in [6.07, 6.45) is 1.58. The van der Waals surface area contributed by atoms with E-state index in [1.165, 1.54) is 18.3 Å². The number of carbonyl (C=O) groups is 2. The van der Waals surface area contributed by atoms with Crippen LogP contribution in [0.4, 0.5) is 5.69 Å². The maximum atomic E-state index is 12.2. The molecular weight excluding hydrogens is 338 g/mol. The Morgan fingerprint density at radius 2 is 2.08 bits per heavy atom. The Bertz CT molecular complexity index is 1020. The molecule has 0 aliphatic carbocycles. The number of amides is 1. The molecule has 1 amide bonds. The van der Waals surface area contributed by atoms with E-state index in [0.717, 1.165) is 5.56 Å². The van der Waals surface area contributed by atoms with Crippen LogP contribution in [0.3, 0.4) is 0 Å². The first-order valence-corrected chi connectivity index (χ1v) is 7.95. The van der Waals surface area contributed by atoms with Gasteiger partial charge in [-0.1, -0.05) is 17.3 Å². The molecule has 0 bridgehead atoms. The lowest BCUT2D eigenvalue weighted by atomic mass is 9.88. The number of fused-ring (bicyclic) bond motifs is 1. The number of nitrogens with one attached hydrogen (secondary N) is 1. The second-order valence-electron chi connectivity index (χ2n) is 6.17. The minimum absolute atomic E-state index is 0.0162. The molecule has 0 spiro atoms. The highest BCUT2D eigenvalue weighted by Gasteiger charge is 2.35. The summed E-state index contributed by atoms with van der Waals surface area (Å²) in [5.74, 6) is -0.669. The van der Waals surface area contributed by atoms with E-state index in [4.69, 9.17) is 4.52 Å². The predicted octanol–water partition coefficient (Wildman–Crippen LogP) is 2.65. The van der Waals surface area contributed by atoms with Crippen LogP contribution in [-0.2, 0) is 4.79 Å². The number of aromatic carboxylic acids is 1. The number of anilines is 1. The number of aryl methyl sites for hydroxylation is 1. The summed E-state index contributed by atoms with van der Waals surface area (Å²) in [5, 5.41) is 25.7. The normalized spacial score (nSPS) is 16.2. The molecule has 26 heavy (non-hydrogen) atoms. The third-order valence-corrected chi connectivity index (χ3v) is 4.42. The molecule has 4 rings (SSSR count). The molecule has 1 aliphatic rings. The molecule has 8 nitrogen and oxygen atoms in total. The summed E-state index contributed by atoms with van der Waals surface area (Å²) >= 11 is 0. The minimum atomic E-state index is -1.15. The molecule has 1 aromatic carbocycles. The number of hydrogen-bond acceptors (Lipinski definition) is 5. The lowest BCUT2D eigenvalue weighted by molar-refractivity contribution is -0.116. The number of phenols is 1. The number of aromatic hydroxyl groups is 1. The van der Waals surface area contributed by atoms with Crippen LogP contribution in [0.1, 0.15) is 39.7 Å². The Morgan fingerprint density at radius 3 is 2.69 bits per heavy atom. The number of aromatic nitrogens is 2. The minimum Gasteiger partial charge on any atom is -0.508 e.